The van der Waals surface area contributed by atoms with E-state index < -0.39 is 6.61 Å². The molecule has 1 aromatic carbocycles. The Morgan fingerprint density at radius 3 is 2.79 bits per heavy atom. The van der Waals surface area contributed by atoms with E-state index in [1.807, 2.05) is 11.4 Å². The third-order valence-electron chi connectivity index (χ3n) is 2.91. The highest BCUT2D eigenvalue weighted by Crippen LogP contribution is 2.28. The van der Waals surface area contributed by atoms with E-state index >= 15 is 0 Å². The van der Waals surface area contributed by atoms with Gasteiger partial charge in [0.1, 0.15) is 17.1 Å². The monoisotopic (exact) mass is 367 g/mol. The van der Waals surface area contributed by atoms with E-state index in [4.69, 9.17) is 0 Å². The fourth-order valence-electron chi connectivity index (χ4n) is 1.92. The lowest BCUT2D eigenvalue weighted by molar-refractivity contribution is -0.113. The Morgan fingerprint density at radius 1 is 1.25 bits per heavy atom. The number of carbonyl (C=O) groups excluding carboxylic acids is 1. The van der Waals surface area contributed by atoms with E-state index in [9.17, 15) is 13.6 Å². The maximum atomic E-state index is 12.1. The standard InChI is InChI=1S/C15H11F2N3O2S2/c16-15(17)22-10-3-1-9(2-4-10)20-12(21)7-24-14-13-11(5-6-23-13)18-8-19-14/h1-6,8,15H,7H2,(H,20,21). The number of amides is 1. The molecule has 0 saturated heterocycles. The summed E-state index contributed by atoms with van der Waals surface area (Å²) in [5, 5.41) is 5.37. The molecule has 0 unspecified atom stereocenters. The second-order valence-electron chi connectivity index (χ2n) is 4.55. The zero-order chi connectivity index (χ0) is 16.9. The zero-order valence-electron chi connectivity index (χ0n) is 12.1. The molecule has 3 rings (SSSR count). The summed E-state index contributed by atoms with van der Waals surface area (Å²) in [6.45, 7) is -2.87. The van der Waals surface area contributed by atoms with Gasteiger partial charge in [-0.15, -0.1) is 11.3 Å². The Kier molecular flexibility index (Phi) is 5.21. The number of anilines is 1. The third kappa shape index (κ3) is 4.18. The molecule has 1 N–H and O–H groups in total. The van der Waals surface area contributed by atoms with Gasteiger partial charge in [0.05, 0.1) is 16.0 Å². The van der Waals surface area contributed by atoms with Crippen LogP contribution in [0.3, 0.4) is 0 Å². The Bertz CT molecular complexity index is 840. The summed E-state index contributed by atoms with van der Waals surface area (Å²) in [6.07, 6.45) is 1.47. The first-order valence-electron chi connectivity index (χ1n) is 6.77. The Labute approximate surface area is 144 Å². The molecule has 0 saturated carbocycles. The van der Waals surface area contributed by atoms with Gasteiger partial charge in [-0.1, -0.05) is 11.8 Å². The first-order valence-corrected chi connectivity index (χ1v) is 8.64. The SMILES string of the molecule is O=C(CSc1ncnc2ccsc12)Nc1ccc(OC(F)F)cc1. The van der Waals surface area contributed by atoms with Crippen molar-refractivity contribution in [2.24, 2.45) is 0 Å². The second-order valence-corrected chi connectivity index (χ2v) is 6.43. The summed E-state index contributed by atoms with van der Waals surface area (Å²) in [5.41, 5.74) is 1.36. The van der Waals surface area contributed by atoms with Crippen LogP contribution < -0.4 is 10.1 Å². The Morgan fingerprint density at radius 2 is 2.04 bits per heavy atom. The quantitative estimate of drug-likeness (QED) is 0.527. The number of alkyl halides is 2. The number of ether oxygens (including phenoxy) is 1. The van der Waals surface area contributed by atoms with E-state index in [2.05, 4.69) is 20.0 Å². The fraction of sp³-hybridized carbons (Fsp3) is 0.133. The number of nitrogens with zero attached hydrogens (tertiary/aromatic N) is 2. The van der Waals surface area contributed by atoms with Crippen LogP contribution in [0.2, 0.25) is 0 Å². The number of fused-ring (bicyclic) bond motifs is 1. The van der Waals surface area contributed by atoms with E-state index in [0.717, 1.165) is 15.2 Å². The summed E-state index contributed by atoms with van der Waals surface area (Å²) in [4.78, 5) is 20.3. The predicted octanol–water partition coefficient (Wildman–Crippen LogP) is 4.02. The van der Waals surface area contributed by atoms with E-state index in [1.165, 1.54) is 53.7 Å². The lowest BCUT2D eigenvalue weighted by atomic mass is 10.3. The van der Waals surface area contributed by atoms with Crippen LogP contribution >= 0.6 is 23.1 Å². The minimum absolute atomic E-state index is 0.0402. The van der Waals surface area contributed by atoms with Gasteiger partial charge in [0.2, 0.25) is 5.91 Å². The number of rotatable bonds is 6. The van der Waals surface area contributed by atoms with Gasteiger partial charge in [0.25, 0.3) is 0 Å². The largest absolute Gasteiger partial charge is 0.435 e. The van der Waals surface area contributed by atoms with Gasteiger partial charge in [0.15, 0.2) is 0 Å². The van der Waals surface area contributed by atoms with Crippen molar-refractivity contribution in [1.82, 2.24) is 9.97 Å². The number of halogens is 2. The van der Waals surface area contributed by atoms with E-state index in [1.54, 1.807) is 0 Å². The molecule has 1 amide bonds. The number of hydrogen-bond acceptors (Lipinski definition) is 6. The topological polar surface area (TPSA) is 64.1 Å². The van der Waals surface area contributed by atoms with Crippen LogP contribution in [0.15, 0.2) is 47.1 Å². The molecule has 0 radical (unpaired) electrons. The molecule has 24 heavy (non-hydrogen) atoms. The van der Waals surface area contributed by atoms with Gasteiger partial charge in [-0.25, -0.2) is 9.97 Å². The highest BCUT2D eigenvalue weighted by Gasteiger charge is 2.10. The molecule has 124 valence electrons. The number of thioether (sulfide) groups is 1. The molecule has 0 fully saturated rings. The van der Waals surface area contributed by atoms with Crippen molar-refractivity contribution in [2.45, 2.75) is 11.6 Å². The smallest absolute Gasteiger partial charge is 0.387 e. The van der Waals surface area contributed by atoms with Gasteiger partial charge in [-0.3, -0.25) is 4.79 Å². The second kappa shape index (κ2) is 7.54. The summed E-state index contributed by atoms with van der Waals surface area (Å²) < 4.78 is 29.3. The fourth-order valence-corrected chi connectivity index (χ4v) is 3.67. The highest BCUT2D eigenvalue weighted by atomic mass is 32.2. The number of thiophene rings is 1. The van der Waals surface area contributed by atoms with Gasteiger partial charge in [0, 0.05) is 5.69 Å². The first-order chi connectivity index (χ1) is 11.6. The molecule has 0 aliphatic heterocycles. The van der Waals surface area contributed by atoms with E-state index in [0.29, 0.717) is 5.69 Å². The van der Waals surface area contributed by atoms with Crippen molar-refractivity contribution < 1.29 is 18.3 Å². The maximum absolute atomic E-state index is 12.1. The average molecular weight is 367 g/mol. The van der Waals surface area contributed by atoms with Crippen molar-refractivity contribution in [2.75, 3.05) is 11.1 Å². The molecule has 0 aliphatic rings. The van der Waals surface area contributed by atoms with Crippen molar-refractivity contribution in [3.8, 4) is 5.75 Å². The minimum Gasteiger partial charge on any atom is -0.435 e. The third-order valence-corrected chi connectivity index (χ3v) is 4.94. The summed E-state index contributed by atoms with van der Waals surface area (Å²) >= 11 is 2.84. The Balaban J connectivity index is 1.57. The minimum atomic E-state index is -2.87. The van der Waals surface area contributed by atoms with Crippen LogP contribution in [0, 0.1) is 0 Å². The number of benzene rings is 1. The Hall–Kier alpha value is -2.26. The number of nitrogens with one attached hydrogen (secondary N) is 1. The van der Waals surface area contributed by atoms with Gasteiger partial charge in [-0.2, -0.15) is 8.78 Å². The van der Waals surface area contributed by atoms with Crippen molar-refractivity contribution in [3.63, 3.8) is 0 Å². The molecule has 0 atom stereocenters. The van der Waals surface area contributed by atoms with Gasteiger partial charge < -0.3 is 10.1 Å². The molecule has 2 aromatic heterocycles. The lowest BCUT2D eigenvalue weighted by Gasteiger charge is -2.07. The van der Waals surface area contributed by atoms with Gasteiger partial charge in [-0.05, 0) is 35.7 Å². The molecular formula is C15H11F2N3O2S2. The number of carbonyl (C=O) groups is 1. The summed E-state index contributed by atoms with van der Waals surface area (Å²) in [6, 6.07) is 7.64. The first kappa shape index (κ1) is 16.6. The van der Waals surface area contributed by atoms with Crippen LogP contribution in [-0.2, 0) is 4.79 Å². The molecule has 0 bridgehead atoms. The zero-order valence-corrected chi connectivity index (χ0v) is 13.7. The lowest BCUT2D eigenvalue weighted by Crippen LogP contribution is -2.14. The molecule has 5 nitrogen and oxygen atoms in total. The predicted molar refractivity (Wildman–Crippen MR) is 89.8 cm³/mol. The van der Waals surface area contributed by atoms with Crippen LogP contribution in [0.25, 0.3) is 10.2 Å². The number of hydrogen-bond donors (Lipinski definition) is 1. The van der Waals surface area contributed by atoms with E-state index in [-0.39, 0.29) is 17.4 Å². The molecular weight excluding hydrogens is 356 g/mol. The maximum Gasteiger partial charge on any atom is 0.387 e. The molecule has 3 aromatic rings. The van der Waals surface area contributed by atoms with Crippen molar-refractivity contribution in [1.29, 1.82) is 0 Å². The summed E-state index contributed by atoms with van der Waals surface area (Å²) in [7, 11) is 0. The number of aromatic nitrogens is 2. The normalized spacial score (nSPS) is 11.0. The summed E-state index contributed by atoms with van der Waals surface area (Å²) in [5.74, 6) is 0.00328. The van der Waals surface area contributed by atoms with Crippen LogP contribution in [0.4, 0.5) is 14.5 Å². The van der Waals surface area contributed by atoms with Gasteiger partial charge >= 0.3 is 6.61 Å². The molecule has 0 aliphatic carbocycles. The average Bonchev–Trinajstić information content (AvgIpc) is 3.03. The van der Waals surface area contributed by atoms with Crippen LogP contribution in [0.5, 0.6) is 5.75 Å². The van der Waals surface area contributed by atoms with Crippen molar-refractivity contribution in [3.05, 3.63) is 42.0 Å². The highest BCUT2D eigenvalue weighted by molar-refractivity contribution is 8.00. The van der Waals surface area contributed by atoms with Crippen LogP contribution in [-0.4, -0.2) is 28.2 Å². The van der Waals surface area contributed by atoms with Crippen molar-refractivity contribution >= 4 is 44.9 Å². The molecule has 9 heteroatoms. The molecule has 2 heterocycles. The molecule has 0 spiro atoms. The van der Waals surface area contributed by atoms with Crippen LogP contribution in [0.1, 0.15) is 0 Å².